The summed E-state index contributed by atoms with van der Waals surface area (Å²) >= 11 is 0. The molecule has 0 spiro atoms. The van der Waals surface area contributed by atoms with Gasteiger partial charge in [0.25, 0.3) is 0 Å². The van der Waals surface area contributed by atoms with Crippen LogP contribution in [0.25, 0.3) is 0 Å². The molecule has 0 aliphatic carbocycles. The molecule has 21 heavy (non-hydrogen) atoms. The molecular weight excluding hydrogens is 260 g/mol. The first kappa shape index (κ1) is 16.2. The van der Waals surface area contributed by atoms with Gasteiger partial charge in [0.2, 0.25) is 0 Å². The Morgan fingerprint density at radius 2 is 2.05 bits per heavy atom. The summed E-state index contributed by atoms with van der Waals surface area (Å²) in [6.45, 7) is 9.86. The summed E-state index contributed by atoms with van der Waals surface area (Å²) in [7, 11) is 2.08. The van der Waals surface area contributed by atoms with E-state index in [-0.39, 0.29) is 0 Å². The second-order valence-electron chi connectivity index (χ2n) is 5.94. The maximum atomic E-state index is 4.59. The fraction of sp³-hybridized carbons (Fsp3) is 0.706. The van der Waals surface area contributed by atoms with Gasteiger partial charge >= 0.3 is 0 Å². The Hall–Kier alpha value is -1.13. The average molecular weight is 290 g/mol. The van der Waals surface area contributed by atoms with Crippen molar-refractivity contribution in [2.45, 2.75) is 45.7 Å². The molecule has 1 aliphatic heterocycles. The summed E-state index contributed by atoms with van der Waals surface area (Å²) in [5, 5.41) is 3.50. The van der Waals surface area contributed by atoms with Gasteiger partial charge in [0, 0.05) is 32.4 Å². The number of rotatable bonds is 6. The highest BCUT2D eigenvalue weighted by atomic mass is 15.2. The number of hydrogen-bond donors (Lipinski definition) is 1. The lowest BCUT2D eigenvalue weighted by atomic mass is 10.1. The Morgan fingerprint density at radius 1 is 1.19 bits per heavy atom. The summed E-state index contributed by atoms with van der Waals surface area (Å²) in [6.07, 6.45) is 5.90. The molecular formula is C17H30N4. The normalized spacial score (nSPS) is 19.5. The van der Waals surface area contributed by atoms with E-state index >= 15 is 0 Å². The molecule has 1 aromatic rings. The second kappa shape index (κ2) is 8.35. The van der Waals surface area contributed by atoms with Gasteiger partial charge in [0.15, 0.2) is 0 Å². The molecule has 1 unspecified atom stereocenters. The minimum Gasteiger partial charge on any atom is -0.360 e. The van der Waals surface area contributed by atoms with Gasteiger partial charge in [-0.1, -0.05) is 13.0 Å². The lowest BCUT2D eigenvalue weighted by Gasteiger charge is -2.30. The lowest BCUT2D eigenvalue weighted by molar-refractivity contribution is 0.182. The summed E-state index contributed by atoms with van der Waals surface area (Å²) in [5.74, 6) is 1.06. The average Bonchev–Trinajstić information content (AvgIpc) is 2.81. The van der Waals surface area contributed by atoms with Crippen LogP contribution >= 0.6 is 0 Å². The van der Waals surface area contributed by atoms with Crippen LogP contribution in [0.2, 0.25) is 0 Å². The highest BCUT2D eigenvalue weighted by molar-refractivity contribution is 5.37. The summed E-state index contributed by atoms with van der Waals surface area (Å²) in [6, 6.07) is 5.08. The highest BCUT2D eigenvalue weighted by Gasteiger charge is 2.18. The molecule has 0 saturated carbocycles. The van der Waals surface area contributed by atoms with Gasteiger partial charge in [-0.05, 0) is 57.5 Å². The summed E-state index contributed by atoms with van der Waals surface area (Å²) in [5.41, 5.74) is 1.32. The van der Waals surface area contributed by atoms with Crippen LogP contribution in [0.5, 0.6) is 0 Å². The molecule has 0 amide bonds. The number of nitrogens with one attached hydrogen (secondary N) is 1. The number of pyridine rings is 1. The first-order valence-electron chi connectivity index (χ1n) is 8.35. The number of aromatic nitrogens is 1. The second-order valence-corrected chi connectivity index (χ2v) is 5.94. The summed E-state index contributed by atoms with van der Waals surface area (Å²) < 4.78 is 0. The predicted molar refractivity (Wildman–Crippen MR) is 89.8 cm³/mol. The van der Waals surface area contributed by atoms with Crippen LogP contribution in [0.3, 0.4) is 0 Å². The van der Waals surface area contributed by atoms with Crippen molar-refractivity contribution >= 4 is 5.82 Å². The maximum absolute atomic E-state index is 4.59. The van der Waals surface area contributed by atoms with Gasteiger partial charge in [0.1, 0.15) is 5.82 Å². The van der Waals surface area contributed by atoms with Crippen molar-refractivity contribution in [2.24, 2.45) is 0 Å². The van der Waals surface area contributed by atoms with E-state index in [0.717, 1.165) is 32.0 Å². The van der Waals surface area contributed by atoms with Gasteiger partial charge in [-0.25, -0.2) is 4.98 Å². The van der Waals surface area contributed by atoms with Crippen LogP contribution in [0.4, 0.5) is 5.82 Å². The molecule has 0 bridgehead atoms. The van der Waals surface area contributed by atoms with Gasteiger partial charge in [-0.15, -0.1) is 0 Å². The first-order valence-corrected chi connectivity index (χ1v) is 8.35. The molecule has 118 valence electrons. The smallest absolute Gasteiger partial charge is 0.128 e. The van der Waals surface area contributed by atoms with Crippen molar-refractivity contribution in [2.75, 3.05) is 38.1 Å². The Balaban J connectivity index is 1.97. The maximum Gasteiger partial charge on any atom is 0.128 e. The van der Waals surface area contributed by atoms with Crippen molar-refractivity contribution in [3.05, 3.63) is 23.9 Å². The van der Waals surface area contributed by atoms with Crippen LogP contribution in [0.1, 0.15) is 38.7 Å². The molecule has 1 aromatic heterocycles. The number of nitrogens with zero attached hydrogens (tertiary/aromatic N) is 3. The van der Waals surface area contributed by atoms with E-state index in [1.54, 1.807) is 0 Å². The fourth-order valence-electron chi connectivity index (χ4n) is 3.00. The van der Waals surface area contributed by atoms with Crippen molar-refractivity contribution in [1.82, 2.24) is 15.2 Å². The molecule has 1 aliphatic rings. The van der Waals surface area contributed by atoms with Crippen molar-refractivity contribution in [3.63, 3.8) is 0 Å². The van der Waals surface area contributed by atoms with Crippen LogP contribution in [0.15, 0.2) is 18.3 Å². The first-order chi connectivity index (χ1) is 10.2. The molecule has 2 rings (SSSR count). The van der Waals surface area contributed by atoms with E-state index < -0.39 is 0 Å². The molecule has 1 fully saturated rings. The molecule has 2 heterocycles. The summed E-state index contributed by atoms with van der Waals surface area (Å²) in [4.78, 5) is 9.36. The minimum absolute atomic E-state index is 0.711. The number of hydrogen-bond acceptors (Lipinski definition) is 4. The zero-order valence-corrected chi connectivity index (χ0v) is 13.8. The van der Waals surface area contributed by atoms with Gasteiger partial charge in [-0.3, -0.25) is 4.90 Å². The van der Waals surface area contributed by atoms with Crippen molar-refractivity contribution in [1.29, 1.82) is 0 Å². The Labute approximate surface area is 129 Å². The topological polar surface area (TPSA) is 31.4 Å². The van der Waals surface area contributed by atoms with Crippen LogP contribution in [-0.2, 0) is 6.54 Å². The number of anilines is 1. The van der Waals surface area contributed by atoms with Gasteiger partial charge in [0.05, 0.1) is 0 Å². The zero-order valence-electron chi connectivity index (χ0n) is 13.8. The molecule has 0 aromatic carbocycles. The molecule has 1 N–H and O–H groups in total. The van der Waals surface area contributed by atoms with E-state index in [1.807, 2.05) is 6.20 Å². The largest absolute Gasteiger partial charge is 0.360 e. The third-order valence-corrected chi connectivity index (χ3v) is 4.53. The van der Waals surface area contributed by atoms with Crippen molar-refractivity contribution < 1.29 is 0 Å². The monoisotopic (exact) mass is 290 g/mol. The van der Waals surface area contributed by atoms with Gasteiger partial charge in [-0.2, -0.15) is 0 Å². The molecule has 4 nitrogen and oxygen atoms in total. The van der Waals surface area contributed by atoms with E-state index in [2.05, 4.69) is 53.1 Å². The zero-order chi connectivity index (χ0) is 15.1. The molecule has 1 saturated heterocycles. The van der Waals surface area contributed by atoms with E-state index in [1.165, 1.54) is 31.4 Å². The highest BCUT2D eigenvalue weighted by Crippen LogP contribution is 2.17. The third-order valence-electron chi connectivity index (χ3n) is 4.53. The Kier molecular flexibility index (Phi) is 6.46. The molecule has 4 heteroatoms. The Bertz CT molecular complexity index is 396. The van der Waals surface area contributed by atoms with E-state index in [4.69, 9.17) is 0 Å². The van der Waals surface area contributed by atoms with E-state index in [9.17, 15) is 0 Å². The lowest BCUT2D eigenvalue weighted by Crippen LogP contribution is -2.35. The standard InChI is InChI=1S/C17H30N4/c1-4-20(3)17-9-8-15(13-19-17)14-21(5-2)16-7-6-11-18-12-10-16/h8-9,13,16,18H,4-7,10-12,14H2,1-3H3. The van der Waals surface area contributed by atoms with E-state index in [0.29, 0.717) is 6.04 Å². The van der Waals surface area contributed by atoms with Gasteiger partial charge < -0.3 is 10.2 Å². The third kappa shape index (κ3) is 4.68. The molecule has 1 atom stereocenters. The van der Waals surface area contributed by atoms with Crippen LogP contribution < -0.4 is 10.2 Å². The fourth-order valence-corrected chi connectivity index (χ4v) is 3.00. The van der Waals surface area contributed by atoms with Crippen LogP contribution in [0, 0.1) is 0 Å². The van der Waals surface area contributed by atoms with Crippen LogP contribution in [-0.4, -0.2) is 49.2 Å². The Morgan fingerprint density at radius 3 is 2.71 bits per heavy atom. The van der Waals surface area contributed by atoms with Crippen molar-refractivity contribution in [3.8, 4) is 0 Å². The molecule has 0 radical (unpaired) electrons. The quantitative estimate of drug-likeness (QED) is 0.872. The minimum atomic E-state index is 0.711. The SMILES string of the molecule is CCN(C)c1ccc(CN(CC)C2CCCNCC2)cn1. The predicted octanol–water partition coefficient (Wildman–Crippen LogP) is 2.50.